The summed E-state index contributed by atoms with van der Waals surface area (Å²) in [5.74, 6) is 1.46. The van der Waals surface area contributed by atoms with E-state index in [-0.39, 0.29) is 5.54 Å². The molecule has 0 aromatic carbocycles. The quantitative estimate of drug-likeness (QED) is 0.805. The fourth-order valence-electron chi connectivity index (χ4n) is 3.65. The first-order chi connectivity index (χ1) is 9.60. The Morgan fingerprint density at radius 3 is 2.60 bits per heavy atom. The van der Waals surface area contributed by atoms with E-state index in [2.05, 4.69) is 23.5 Å². The van der Waals surface area contributed by atoms with Gasteiger partial charge >= 0.3 is 0 Å². The summed E-state index contributed by atoms with van der Waals surface area (Å²) >= 11 is 6.17. The number of imidazole rings is 1. The SMILES string of the molecule is CCCc1nn(C)c2c1nc(CCl)n2C1(C)CCCC1. The summed E-state index contributed by atoms with van der Waals surface area (Å²) in [6.45, 7) is 4.52. The van der Waals surface area contributed by atoms with E-state index in [9.17, 15) is 0 Å². The molecule has 5 heteroatoms. The zero-order chi connectivity index (χ0) is 14.3. The van der Waals surface area contributed by atoms with Crippen molar-refractivity contribution in [1.29, 1.82) is 0 Å². The number of hydrogen-bond acceptors (Lipinski definition) is 2. The summed E-state index contributed by atoms with van der Waals surface area (Å²) in [6.07, 6.45) is 7.06. The van der Waals surface area contributed by atoms with Crippen LogP contribution in [0.25, 0.3) is 11.2 Å². The maximum absolute atomic E-state index is 6.17. The van der Waals surface area contributed by atoms with Gasteiger partial charge in [-0.2, -0.15) is 5.10 Å². The lowest BCUT2D eigenvalue weighted by atomic mass is 10.00. The van der Waals surface area contributed by atoms with Crippen molar-refractivity contribution < 1.29 is 0 Å². The number of rotatable bonds is 4. The van der Waals surface area contributed by atoms with E-state index < -0.39 is 0 Å². The molecule has 2 aromatic rings. The van der Waals surface area contributed by atoms with Gasteiger partial charge in [-0.1, -0.05) is 26.2 Å². The van der Waals surface area contributed by atoms with Gasteiger partial charge in [0.1, 0.15) is 11.3 Å². The summed E-state index contributed by atoms with van der Waals surface area (Å²) < 4.78 is 4.36. The van der Waals surface area contributed by atoms with Crippen LogP contribution in [0, 0.1) is 0 Å². The fraction of sp³-hybridized carbons (Fsp3) is 0.733. The number of hydrogen-bond donors (Lipinski definition) is 0. The van der Waals surface area contributed by atoms with Gasteiger partial charge in [0.15, 0.2) is 5.65 Å². The van der Waals surface area contributed by atoms with Crippen LogP contribution in [0.4, 0.5) is 0 Å². The highest BCUT2D eigenvalue weighted by molar-refractivity contribution is 6.16. The van der Waals surface area contributed by atoms with Gasteiger partial charge in [-0.15, -0.1) is 11.6 Å². The van der Waals surface area contributed by atoms with E-state index >= 15 is 0 Å². The number of fused-ring (bicyclic) bond motifs is 1. The highest BCUT2D eigenvalue weighted by atomic mass is 35.5. The summed E-state index contributed by atoms with van der Waals surface area (Å²) in [5.41, 5.74) is 3.46. The monoisotopic (exact) mass is 294 g/mol. The van der Waals surface area contributed by atoms with E-state index in [4.69, 9.17) is 16.6 Å². The number of alkyl halides is 1. The standard InChI is InChI=1S/C15H23ClN4/c1-4-7-11-13-14(19(3)18-11)20(12(10-16)17-13)15(2)8-5-6-9-15/h4-10H2,1-3H3. The molecule has 0 bridgehead atoms. The Morgan fingerprint density at radius 2 is 2.00 bits per heavy atom. The molecule has 1 aliphatic carbocycles. The van der Waals surface area contributed by atoms with Crippen molar-refractivity contribution in [2.75, 3.05) is 0 Å². The Balaban J connectivity index is 2.24. The molecule has 110 valence electrons. The number of halogens is 1. The maximum atomic E-state index is 6.17. The van der Waals surface area contributed by atoms with Crippen molar-refractivity contribution in [3.8, 4) is 0 Å². The minimum Gasteiger partial charge on any atom is -0.306 e. The number of aryl methyl sites for hydroxylation is 2. The van der Waals surface area contributed by atoms with Crippen molar-refractivity contribution in [3.05, 3.63) is 11.5 Å². The molecule has 2 aromatic heterocycles. The molecule has 3 rings (SSSR count). The molecule has 1 saturated carbocycles. The minimum atomic E-state index is 0.149. The first-order valence-electron chi connectivity index (χ1n) is 7.60. The van der Waals surface area contributed by atoms with Gasteiger partial charge in [0.2, 0.25) is 0 Å². The molecule has 2 heterocycles. The van der Waals surface area contributed by atoms with Gasteiger partial charge < -0.3 is 4.57 Å². The van der Waals surface area contributed by atoms with Gasteiger partial charge in [-0.05, 0) is 26.2 Å². The molecule has 0 N–H and O–H groups in total. The third-order valence-electron chi connectivity index (χ3n) is 4.60. The molecule has 0 radical (unpaired) electrons. The van der Waals surface area contributed by atoms with Gasteiger partial charge in [0.25, 0.3) is 0 Å². The lowest BCUT2D eigenvalue weighted by molar-refractivity contribution is 0.326. The number of nitrogens with zero attached hydrogens (tertiary/aromatic N) is 4. The van der Waals surface area contributed by atoms with Crippen LogP contribution < -0.4 is 0 Å². The Morgan fingerprint density at radius 1 is 1.30 bits per heavy atom. The average molecular weight is 295 g/mol. The summed E-state index contributed by atoms with van der Waals surface area (Å²) in [7, 11) is 2.02. The molecule has 0 atom stereocenters. The van der Waals surface area contributed by atoms with Crippen molar-refractivity contribution in [2.24, 2.45) is 7.05 Å². The Hall–Kier alpha value is -1.03. The van der Waals surface area contributed by atoms with E-state index in [1.807, 2.05) is 11.7 Å². The van der Waals surface area contributed by atoms with E-state index in [1.54, 1.807) is 0 Å². The fourth-order valence-corrected chi connectivity index (χ4v) is 3.83. The highest BCUT2D eigenvalue weighted by Gasteiger charge is 2.35. The molecule has 4 nitrogen and oxygen atoms in total. The normalized spacial score (nSPS) is 18.2. The number of aromatic nitrogens is 4. The average Bonchev–Trinajstić information content (AvgIpc) is 3.08. The van der Waals surface area contributed by atoms with Crippen LogP contribution in [0.2, 0.25) is 0 Å². The highest BCUT2D eigenvalue weighted by Crippen LogP contribution is 2.40. The molecule has 0 spiro atoms. The second kappa shape index (κ2) is 5.06. The first-order valence-corrected chi connectivity index (χ1v) is 8.14. The molecule has 1 fully saturated rings. The van der Waals surface area contributed by atoms with Gasteiger partial charge in [-0.25, -0.2) is 4.98 Å². The lowest BCUT2D eigenvalue weighted by Gasteiger charge is -2.28. The second-order valence-corrected chi connectivity index (χ2v) is 6.46. The van der Waals surface area contributed by atoms with Gasteiger partial charge in [0.05, 0.1) is 11.6 Å². The molecular weight excluding hydrogens is 272 g/mol. The van der Waals surface area contributed by atoms with Crippen LogP contribution in [0.5, 0.6) is 0 Å². The van der Waals surface area contributed by atoms with Crippen LogP contribution in [-0.2, 0) is 24.9 Å². The molecule has 0 amide bonds. The molecule has 20 heavy (non-hydrogen) atoms. The summed E-state index contributed by atoms with van der Waals surface area (Å²) in [4.78, 5) is 4.81. The molecule has 0 unspecified atom stereocenters. The van der Waals surface area contributed by atoms with Crippen molar-refractivity contribution in [2.45, 2.75) is 63.8 Å². The summed E-state index contributed by atoms with van der Waals surface area (Å²) in [5, 5.41) is 4.67. The Bertz CT molecular complexity index is 619. The van der Waals surface area contributed by atoms with E-state index in [0.717, 1.165) is 35.5 Å². The van der Waals surface area contributed by atoms with Crippen LogP contribution in [-0.4, -0.2) is 19.3 Å². The molecule has 0 saturated heterocycles. The van der Waals surface area contributed by atoms with Crippen LogP contribution >= 0.6 is 11.6 Å². The Kier molecular flexibility index (Phi) is 3.53. The minimum absolute atomic E-state index is 0.149. The molecule has 0 aliphatic heterocycles. The molecule has 1 aliphatic rings. The second-order valence-electron chi connectivity index (χ2n) is 6.19. The van der Waals surface area contributed by atoms with Crippen molar-refractivity contribution >= 4 is 22.8 Å². The van der Waals surface area contributed by atoms with Crippen molar-refractivity contribution in [1.82, 2.24) is 19.3 Å². The predicted molar refractivity (Wildman–Crippen MR) is 82.2 cm³/mol. The van der Waals surface area contributed by atoms with Crippen molar-refractivity contribution in [3.63, 3.8) is 0 Å². The third-order valence-corrected chi connectivity index (χ3v) is 4.84. The predicted octanol–water partition coefficient (Wildman–Crippen LogP) is 3.75. The summed E-state index contributed by atoms with van der Waals surface area (Å²) in [6, 6.07) is 0. The molecular formula is C15H23ClN4. The van der Waals surface area contributed by atoms with Crippen LogP contribution in [0.1, 0.15) is 57.5 Å². The Labute approximate surface area is 125 Å². The zero-order valence-electron chi connectivity index (χ0n) is 12.6. The van der Waals surface area contributed by atoms with Crippen LogP contribution in [0.3, 0.4) is 0 Å². The third kappa shape index (κ3) is 1.96. The first kappa shape index (κ1) is 13.9. The van der Waals surface area contributed by atoms with Gasteiger partial charge in [-0.3, -0.25) is 4.68 Å². The van der Waals surface area contributed by atoms with E-state index in [0.29, 0.717) is 5.88 Å². The lowest BCUT2D eigenvalue weighted by Crippen LogP contribution is -2.28. The van der Waals surface area contributed by atoms with E-state index in [1.165, 1.54) is 25.7 Å². The topological polar surface area (TPSA) is 35.6 Å². The largest absolute Gasteiger partial charge is 0.306 e. The van der Waals surface area contributed by atoms with Crippen LogP contribution in [0.15, 0.2) is 0 Å². The maximum Gasteiger partial charge on any atom is 0.159 e. The van der Waals surface area contributed by atoms with Gasteiger partial charge in [0, 0.05) is 12.6 Å². The smallest absolute Gasteiger partial charge is 0.159 e. The zero-order valence-corrected chi connectivity index (χ0v) is 13.4.